The zero-order valence-corrected chi connectivity index (χ0v) is 15.9. The third-order valence-corrected chi connectivity index (χ3v) is 5.01. The van der Waals surface area contributed by atoms with Gasteiger partial charge < -0.3 is 15.5 Å². The van der Waals surface area contributed by atoms with Crippen LogP contribution in [0.3, 0.4) is 0 Å². The van der Waals surface area contributed by atoms with Gasteiger partial charge in [-0.05, 0) is 48.6 Å². The Hall–Kier alpha value is -2.53. The SMILES string of the molecule is O=C(CC1CCN(C(=O)Nc2ccccc2)CC1)NCc1cccc(Cl)c1. The van der Waals surface area contributed by atoms with Crippen molar-refractivity contribution in [1.82, 2.24) is 10.2 Å². The van der Waals surface area contributed by atoms with Crippen molar-refractivity contribution >= 4 is 29.2 Å². The van der Waals surface area contributed by atoms with Gasteiger partial charge in [0, 0.05) is 36.8 Å². The van der Waals surface area contributed by atoms with Crippen LogP contribution in [0.15, 0.2) is 54.6 Å². The lowest BCUT2D eigenvalue weighted by Crippen LogP contribution is -2.41. The average molecular weight is 386 g/mol. The van der Waals surface area contributed by atoms with E-state index in [2.05, 4.69) is 10.6 Å². The molecule has 0 spiro atoms. The fraction of sp³-hybridized carbons (Fsp3) is 0.333. The van der Waals surface area contributed by atoms with Crippen LogP contribution in [0.5, 0.6) is 0 Å². The molecule has 0 saturated carbocycles. The zero-order chi connectivity index (χ0) is 19.1. The Morgan fingerprint density at radius 2 is 1.78 bits per heavy atom. The molecule has 2 aromatic rings. The Morgan fingerprint density at radius 1 is 1.04 bits per heavy atom. The number of nitrogens with zero attached hydrogens (tertiary/aromatic N) is 1. The van der Waals surface area contributed by atoms with Gasteiger partial charge in [0.05, 0.1) is 0 Å². The van der Waals surface area contributed by atoms with Crippen molar-refractivity contribution in [3.8, 4) is 0 Å². The summed E-state index contributed by atoms with van der Waals surface area (Å²) in [6.45, 7) is 1.83. The third kappa shape index (κ3) is 6.00. The van der Waals surface area contributed by atoms with Crippen LogP contribution >= 0.6 is 11.6 Å². The lowest BCUT2D eigenvalue weighted by molar-refractivity contribution is -0.122. The number of piperidine rings is 1. The van der Waals surface area contributed by atoms with Gasteiger partial charge in [-0.2, -0.15) is 0 Å². The molecule has 2 aromatic carbocycles. The van der Waals surface area contributed by atoms with Crippen molar-refractivity contribution < 1.29 is 9.59 Å². The number of para-hydroxylation sites is 1. The minimum absolute atomic E-state index is 0.0437. The van der Waals surface area contributed by atoms with Gasteiger partial charge in [0.2, 0.25) is 5.91 Å². The highest BCUT2D eigenvalue weighted by Crippen LogP contribution is 2.21. The molecule has 1 saturated heterocycles. The Labute approximate surface area is 164 Å². The predicted octanol–water partition coefficient (Wildman–Crippen LogP) is 4.29. The van der Waals surface area contributed by atoms with Crippen molar-refractivity contribution in [1.29, 1.82) is 0 Å². The second-order valence-electron chi connectivity index (χ2n) is 6.84. The van der Waals surface area contributed by atoms with E-state index in [0.717, 1.165) is 24.1 Å². The van der Waals surface area contributed by atoms with Gasteiger partial charge in [0.1, 0.15) is 0 Å². The minimum atomic E-state index is -0.0787. The average Bonchev–Trinajstić information content (AvgIpc) is 2.68. The molecular formula is C21H24ClN3O2. The highest BCUT2D eigenvalue weighted by atomic mass is 35.5. The first-order chi connectivity index (χ1) is 13.1. The maximum Gasteiger partial charge on any atom is 0.321 e. The van der Waals surface area contributed by atoms with Crippen LogP contribution < -0.4 is 10.6 Å². The molecule has 0 unspecified atom stereocenters. The van der Waals surface area contributed by atoms with E-state index in [9.17, 15) is 9.59 Å². The van der Waals surface area contributed by atoms with Crippen molar-refractivity contribution in [2.45, 2.75) is 25.8 Å². The number of benzene rings is 2. The van der Waals surface area contributed by atoms with Crippen LogP contribution in [-0.2, 0) is 11.3 Å². The van der Waals surface area contributed by atoms with Crippen LogP contribution in [0.1, 0.15) is 24.8 Å². The summed E-state index contributed by atoms with van der Waals surface area (Å²) in [4.78, 5) is 26.3. The summed E-state index contributed by atoms with van der Waals surface area (Å²) >= 11 is 5.96. The molecule has 1 fully saturated rings. The number of hydrogen-bond donors (Lipinski definition) is 2. The molecule has 0 aliphatic carbocycles. The number of halogens is 1. The number of hydrogen-bond acceptors (Lipinski definition) is 2. The summed E-state index contributed by atoms with van der Waals surface area (Å²) in [6.07, 6.45) is 2.17. The van der Waals surface area contributed by atoms with E-state index in [0.29, 0.717) is 37.0 Å². The van der Waals surface area contributed by atoms with E-state index < -0.39 is 0 Å². The fourth-order valence-corrected chi connectivity index (χ4v) is 3.46. The minimum Gasteiger partial charge on any atom is -0.352 e. The summed E-state index contributed by atoms with van der Waals surface area (Å²) in [5.41, 5.74) is 1.79. The summed E-state index contributed by atoms with van der Waals surface area (Å²) in [5, 5.41) is 6.53. The Kier molecular flexibility index (Phi) is 6.71. The zero-order valence-electron chi connectivity index (χ0n) is 15.2. The van der Waals surface area contributed by atoms with E-state index in [1.807, 2.05) is 59.5 Å². The molecule has 0 aromatic heterocycles. The summed E-state index contributed by atoms with van der Waals surface area (Å²) in [5.74, 6) is 0.354. The van der Waals surface area contributed by atoms with Crippen molar-refractivity contribution in [2.75, 3.05) is 18.4 Å². The standard InChI is InChI=1S/C21H24ClN3O2/c22-18-6-4-5-17(13-18)15-23-20(26)14-16-9-11-25(12-10-16)21(27)24-19-7-2-1-3-8-19/h1-8,13,16H,9-12,14-15H2,(H,23,26)(H,24,27). The number of nitrogens with one attached hydrogen (secondary N) is 2. The van der Waals surface area contributed by atoms with Gasteiger partial charge in [-0.15, -0.1) is 0 Å². The molecule has 0 radical (unpaired) electrons. The topological polar surface area (TPSA) is 61.4 Å². The number of rotatable bonds is 5. The molecule has 3 rings (SSSR count). The molecule has 2 N–H and O–H groups in total. The monoisotopic (exact) mass is 385 g/mol. The Balaban J connectivity index is 1.38. The van der Waals surface area contributed by atoms with E-state index in [4.69, 9.17) is 11.6 Å². The van der Waals surface area contributed by atoms with Crippen molar-refractivity contribution in [2.24, 2.45) is 5.92 Å². The van der Waals surface area contributed by atoms with Crippen LogP contribution in [0.2, 0.25) is 5.02 Å². The summed E-state index contributed by atoms with van der Waals surface area (Å²) in [7, 11) is 0. The molecule has 27 heavy (non-hydrogen) atoms. The predicted molar refractivity (Wildman–Crippen MR) is 108 cm³/mol. The fourth-order valence-electron chi connectivity index (χ4n) is 3.25. The number of amides is 3. The first-order valence-electron chi connectivity index (χ1n) is 9.22. The van der Waals surface area contributed by atoms with Gasteiger partial charge in [-0.1, -0.05) is 41.9 Å². The molecule has 0 bridgehead atoms. The molecule has 0 atom stereocenters. The normalized spacial score (nSPS) is 14.6. The largest absolute Gasteiger partial charge is 0.352 e. The molecule has 1 heterocycles. The molecule has 3 amide bonds. The van der Waals surface area contributed by atoms with Gasteiger partial charge >= 0.3 is 6.03 Å². The second kappa shape index (κ2) is 9.42. The molecular weight excluding hydrogens is 362 g/mol. The number of carbonyl (C=O) groups is 2. The second-order valence-corrected chi connectivity index (χ2v) is 7.27. The van der Waals surface area contributed by atoms with Gasteiger partial charge in [0.25, 0.3) is 0 Å². The highest BCUT2D eigenvalue weighted by Gasteiger charge is 2.24. The van der Waals surface area contributed by atoms with Crippen LogP contribution in [0, 0.1) is 5.92 Å². The van der Waals surface area contributed by atoms with E-state index in [1.165, 1.54) is 0 Å². The Morgan fingerprint density at radius 3 is 2.48 bits per heavy atom. The van der Waals surface area contributed by atoms with Gasteiger partial charge in [-0.3, -0.25) is 4.79 Å². The molecule has 1 aliphatic rings. The maximum atomic E-state index is 12.3. The van der Waals surface area contributed by atoms with Gasteiger partial charge in [-0.25, -0.2) is 4.79 Å². The molecule has 1 aliphatic heterocycles. The summed E-state index contributed by atoms with van der Waals surface area (Å²) in [6, 6.07) is 16.8. The van der Waals surface area contributed by atoms with Crippen LogP contribution in [0.25, 0.3) is 0 Å². The van der Waals surface area contributed by atoms with Crippen LogP contribution in [0.4, 0.5) is 10.5 Å². The molecule has 6 heteroatoms. The third-order valence-electron chi connectivity index (χ3n) is 4.78. The van der Waals surface area contributed by atoms with E-state index >= 15 is 0 Å². The van der Waals surface area contributed by atoms with E-state index in [1.54, 1.807) is 0 Å². The van der Waals surface area contributed by atoms with Crippen molar-refractivity contribution in [3.63, 3.8) is 0 Å². The number of carbonyl (C=O) groups excluding carboxylic acids is 2. The lowest BCUT2D eigenvalue weighted by atomic mass is 9.93. The lowest BCUT2D eigenvalue weighted by Gasteiger charge is -2.31. The number of likely N-dealkylation sites (tertiary alicyclic amines) is 1. The number of urea groups is 1. The quantitative estimate of drug-likeness (QED) is 0.806. The number of anilines is 1. The maximum absolute atomic E-state index is 12.3. The molecule has 5 nitrogen and oxygen atoms in total. The van der Waals surface area contributed by atoms with Crippen LogP contribution in [-0.4, -0.2) is 29.9 Å². The van der Waals surface area contributed by atoms with Crippen molar-refractivity contribution in [3.05, 3.63) is 65.2 Å². The smallest absolute Gasteiger partial charge is 0.321 e. The first-order valence-corrected chi connectivity index (χ1v) is 9.60. The highest BCUT2D eigenvalue weighted by molar-refractivity contribution is 6.30. The van der Waals surface area contributed by atoms with Gasteiger partial charge in [0.15, 0.2) is 0 Å². The van der Waals surface area contributed by atoms with E-state index in [-0.39, 0.29) is 11.9 Å². The first kappa shape index (κ1) is 19.2. The molecule has 142 valence electrons. The summed E-state index contributed by atoms with van der Waals surface area (Å²) < 4.78 is 0. The Bertz CT molecular complexity index is 774.